The molecule has 1 aliphatic rings. The Labute approximate surface area is 157 Å². The molecule has 1 N–H and O–H groups in total. The molecule has 0 unspecified atom stereocenters. The van der Waals surface area contributed by atoms with Gasteiger partial charge in [0.25, 0.3) is 5.69 Å². The number of amides is 2. The molecule has 0 aliphatic carbocycles. The van der Waals surface area contributed by atoms with Gasteiger partial charge in [0.05, 0.1) is 18.0 Å². The number of nitrogens with zero attached hydrogens (tertiary/aromatic N) is 3. The molecule has 1 saturated heterocycles. The highest BCUT2D eigenvalue weighted by atomic mass is 32.2. The Hall–Kier alpha value is -2.53. The van der Waals surface area contributed by atoms with Crippen molar-refractivity contribution in [1.29, 1.82) is 0 Å². The lowest BCUT2D eigenvalue weighted by molar-refractivity contribution is -0.387. The van der Waals surface area contributed by atoms with Gasteiger partial charge in [0.15, 0.2) is 4.90 Å². The molecule has 1 fully saturated rings. The fraction of sp³-hybridized carbons (Fsp3) is 0.500. The van der Waals surface area contributed by atoms with Crippen LogP contribution < -0.4 is 5.32 Å². The summed E-state index contributed by atoms with van der Waals surface area (Å²) in [5.74, 6) is -0.818. The summed E-state index contributed by atoms with van der Waals surface area (Å²) in [6.45, 7) is 2.07. The first-order chi connectivity index (χ1) is 12.8. The standard InChI is InChI=1S/C16H22N4O6S/c1-2-8-17-15(21)11-18-9-5-10-19(12-16(18)22)27(25,26)14-7-4-3-6-13(14)20(23)24/h3-4,6-7H,2,5,8-12H2,1H3,(H,17,21). The summed E-state index contributed by atoms with van der Waals surface area (Å²) in [6, 6.07) is 5.03. The van der Waals surface area contributed by atoms with Gasteiger partial charge in [0.2, 0.25) is 21.8 Å². The first kappa shape index (κ1) is 20.8. The third kappa shape index (κ3) is 5.01. The van der Waals surface area contributed by atoms with Crippen LogP contribution in [-0.2, 0) is 19.6 Å². The van der Waals surface area contributed by atoms with Gasteiger partial charge in [0, 0.05) is 25.7 Å². The smallest absolute Gasteiger partial charge is 0.289 e. The van der Waals surface area contributed by atoms with Crippen molar-refractivity contribution in [3.8, 4) is 0 Å². The van der Waals surface area contributed by atoms with Gasteiger partial charge in [-0.15, -0.1) is 0 Å². The fourth-order valence-corrected chi connectivity index (χ4v) is 4.31. The van der Waals surface area contributed by atoms with Crippen molar-refractivity contribution in [3.05, 3.63) is 34.4 Å². The molecule has 0 spiro atoms. The van der Waals surface area contributed by atoms with Crippen molar-refractivity contribution in [3.63, 3.8) is 0 Å². The molecule has 148 valence electrons. The Kier molecular flexibility index (Phi) is 6.86. The van der Waals surface area contributed by atoms with Crippen LogP contribution in [0.2, 0.25) is 0 Å². The number of hydrogen-bond donors (Lipinski definition) is 1. The van der Waals surface area contributed by atoms with Crippen LogP contribution in [0.1, 0.15) is 19.8 Å². The summed E-state index contributed by atoms with van der Waals surface area (Å²) < 4.78 is 26.6. The van der Waals surface area contributed by atoms with Gasteiger partial charge < -0.3 is 10.2 Å². The summed E-state index contributed by atoms with van der Waals surface area (Å²) in [5.41, 5.74) is -0.537. The molecule has 1 aromatic carbocycles. The van der Waals surface area contributed by atoms with Gasteiger partial charge in [0.1, 0.15) is 0 Å². The lowest BCUT2D eigenvalue weighted by Crippen LogP contribution is -2.44. The number of para-hydroxylation sites is 1. The van der Waals surface area contributed by atoms with Crippen molar-refractivity contribution < 1.29 is 22.9 Å². The molecule has 1 heterocycles. The Morgan fingerprint density at radius 1 is 1.30 bits per heavy atom. The molecule has 2 amide bonds. The minimum absolute atomic E-state index is 0.0349. The molecule has 10 nitrogen and oxygen atoms in total. The average Bonchev–Trinajstić information content (AvgIpc) is 2.82. The molecule has 11 heteroatoms. The van der Waals surface area contributed by atoms with Crippen molar-refractivity contribution in [2.75, 3.05) is 32.7 Å². The second kappa shape index (κ2) is 8.91. The molecule has 1 aromatic rings. The van der Waals surface area contributed by atoms with Crippen LogP contribution in [0.25, 0.3) is 0 Å². The number of nitrogens with one attached hydrogen (secondary N) is 1. The molecule has 0 bridgehead atoms. The minimum atomic E-state index is -4.22. The maximum atomic E-state index is 12.9. The van der Waals surface area contributed by atoms with Crippen molar-refractivity contribution >= 4 is 27.5 Å². The topological polar surface area (TPSA) is 130 Å². The summed E-state index contributed by atoms with van der Waals surface area (Å²) in [4.78, 5) is 35.5. The molecule has 0 aromatic heterocycles. The highest BCUT2D eigenvalue weighted by molar-refractivity contribution is 7.89. The van der Waals surface area contributed by atoms with E-state index in [4.69, 9.17) is 0 Å². The van der Waals surface area contributed by atoms with E-state index in [0.717, 1.165) is 22.9 Å². The summed E-state index contributed by atoms with van der Waals surface area (Å²) >= 11 is 0. The second-order valence-electron chi connectivity index (χ2n) is 6.08. The van der Waals surface area contributed by atoms with Crippen molar-refractivity contribution in [1.82, 2.24) is 14.5 Å². The van der Waals surface area contributed by atoms with Gasteiger partial charge in [-0.25, -0.2) is 8.42 Å². The number of sulfonamides is 1. The largest absolute Gasteiger partial charge is 0.355 e. The number of carbonyl (C=O) groups is 2. The van der Waals surface area contributed by atoms with Gasteiger partial charge in [-0.3, -0.25) is 19.7 Å². The van der Waals surface area contributed by atoms with Gasteiger partial charge in [-0.2, -0.15) is 4.31 Å². The molecule has 0 radical (unpaired) electrons. The van der Waals surface area contributed by atoms with Crippen LogP contribution >= 0.6 is 0 Å². The normalized spacial score (nSPS) is 16.0. The Morgan fingerprint density at radius 2 is 2.00 bits per heavy atom. The quantitative estimate of drug-likeness (QED) is 0.521. The molecule has 1 aliphatic heterocycles. The molecule has 0 atom stereocenters. The number of hydrogen-bond acceptors (Lipinski definition) is 6. The van der Waals surface area contributed by atoms with Crippen molar-refractivity contribution in [2.45, 2.75) is 24.7 Å². The predicted octanol–water partition coefficient (Wildman–Crippen LogP) is 0.344. The number of carbonyl (C=O) groups excluding carboxylic acids is 2. The average molecular weight is 398 g/mol. The zero-order valence-corrected chi connectivity index (χ0v) is 15.8. The third-order valence-electron chi connectivity index (χ3n) is 4.09. The van der Waals surface area contributed by atoms with Gasteiger partial charge in [-0.1, -0.05) is 19.1 Å². The van der Waals surface area contributed by atoms with E-state index in [1.54, 1.807) is 0 Å². The van der Waals surface area contributed by atoms with E-state index in [0.29, 0.717) is 13.0 Å². The first-order valence-electron chi connectivity index (χ1n) is 8.55. The van der Waals surface area contributed by atoms with Gasteiger partial charge in [-0.05, 0) is 18.9 Å². The van der Waals surface area contributed by atoms with E-state index in [1.807, 2.05) is 6.92 Å². The van der Waals surface area contributed by atoms with E-state index in [1.165, 1.54) is 17.0 Å². The van der Waals surface area contributed by atoms with Gasteiger partial charge >= 0.3 is 0 Å². The van der Waals surface area contributed by atoms with E-state index in [9.17, 15) is 28.1 Å². The highest BCUT2D eigenvalue weighted by Gasteiger charge is 2.35. The third-order valence-corrected chi connectivity index (χ3v) is 5.98. The van der Waals surface area contributed by atoms with Crippen LogP contribution in [0.5, 0.6) is 0 Å². The molecular formula is C16H22N4O6S. The van der Waals surface area contributed by atoms with Crippen LogP contribution in [-0.4, -0.2) is 67.1 Å². The minimum Gasteiger partial charge on any atom is -0.355 e. The summed E-state index contributed by atoms with van der Waals surface area (Å²) in [7, 11) is -4.22. The van der Waals surface area contributed by atoms with E-state index < -0.39 is 38.0 Å². The zero-order valence-electron chi connectivity index (χ0n) is 15.0. The van der Waals surface area contributed by atoms with Crippen LogP contribution in [0, 0.1) is 10.1 Å². The fourth-order valence-electron chi connectivity index (χ4n) is 2.72. The summed E-state index contributed by atoms with van der Waals surface area (Å²) in [6.07, 6.45) is 1.09. The zero-order chi connectivity index (χ0) is 20.0. The Bertz CT molecular complexity index is 826. The Balaban J connectivity index is 2.18. The summed E-state index contributed by atoms with van der Waals surface area (Å²) in [5, 5.41) is 13.8. The first-order valence-corrected chi connectivity index (χ1v) is 9.99. The predicted molar refractivity (Wildman–Crippen MR) is 96.4 cm³/mol. The second-order valence-corrected chi connectivity index (χ2v) is 7.99. The number of benzene rings is 1. The van der Waals surface area contributed by atoms with Crippen LogP contribution in [0.3, 0.4) is 0 Å². The number of rotatable bonds is 7. The van der Waals surface area contributed by atoms with E-state index >= 15 is 0 Å². The lowest BCUT2D eigenvalue weighted by atomic mass is 10.3. The van der Waals surface area contributed by atoms with Crippen LogP contribution in [0.4, 0.5) is 5.69 Å². The van der Waals surface area contributed by atoms with Crippen molar-refractivity contribution in [2.24, 2.45) is 0 Å². The Morgan fingerprint density at radius 3 is 2.67 bits per heavy atom. The lowest BCUT2D eigenvalue weighted by Gasteiger charge is -2.21. The molecule has 0 saturated carbocycles. The molecule has 27 heavy (non-hydrogen) atoms. The molecule has 2 rings (SSSR count). The maximum Gasteiger partial charge on any atom is 0.289 e. The molecular weight excluding hydrogens is 376 g/mol. The van der Waals surface area contributed by atoms with E-state index in [2.05, 4.69) is 5.32 Å². The highest BCUT2D eigenvalue weighted by Crippen LogP contribution is 2.27. The SMILES string of the molecule is CCCNC(=O)CN1CCCN(S(=O)(=O)c2ccccc2[N+](=O)[O-])CC1=O. The van der Waals surface area contributed by atoms with E-state index in [-0.39, 0.29) is 25.5 Å². The number of nitro benzene ring substituents is 1. The monoisotopic (exact) mass is 398 g/mol. The number of nitro groups is 1. The van der Waals surface area contributed by atoms with Crippen LogP contribution in [0.15, 0.2) is 29.2 Å². The maximum absolute atomic E-state index is 12.9.